The van der Waals surface area contributed by atoms with Gasteiger partial charge in [-0.15, -0.1) is 0 Å². The number of ketones is 1. The van der Waals surface area contributed by atoms with Crippen LogP contribution in [0, 0.1) is 0 Å². The Labute approximate surface area is 96.6 Å². The molecular formula is C14H18O2. The maximum absolute atomic E-state index is 11.7. The number of benzene rings is 1. The molecule has 2 heteroatoms. The molecule has 0 aliphatic heterocycles. The van der Waals surface area contributed by atoms with Crippen LogP contribution in [-0.4, -0.2) is 19.0 Å². The molecule has 1 aromatic carbocycles. The molecule has 0 aromatic heterocycles. The van der Waals surface area contributed by atoms with Gasteiger partial charge in [-0.2, -0.15) is 0 Å². The summed E-state index contributed by atoms with van der Waals surface area (Å²) < 4.78 is 5.10. The van der Waals surface area contributed by atoms with E-state index in [1.54, 1.807) is 7.11 Å². The first-order valence-corrected chi connectivity index (χ1v) is 5.83. The van der Waals surface area contributed by atoms with Crippen LogP contribution in [0.3, 0.4) is 0 Å². The Hall–Kier alpha value is -1.15. The number of hydrogen-bond acceptors (Lipinski definition) is 2. The van der Waals surface area contributed by atoms with Crippen LogP contribution in [0.25, 0.3) is 0 Å². The number of fused-ring (bicyclic) bond motifs is 1. The van der Waals surface area contributed by atoms with E-state index in [2.05, 4.69) is 18.2 Å². The molecule has 0 amide bonds. The molecule has 86 valence electrons. The van der Waals surface area contributed by atoms with Crippen LogP contribution in [0.15, 0.2) is 24.3 Å². The fraction of sp³-hybridized carbons (Fsp3) is 0.500. The maximum Gasteiger partial charge on any atom is 0.136 e. The number of rotatable bonds is 5. The van der Waals surface area contributed by atoms with Crippen molar-refractivity contribution in [3.05, 3.63) is 35.4 Å². The zero-order chi connectivity index (χ0) is 11.5. The Balaban J connectivity index is 1.87. The molecule has 1 aliphatic rings. The summed E-state index contributed by atoms with van der Waals surface area (Å²) in [5.74, 6) is 0.765. The largest absolute Gasteiger partial charge is 0.381 e. The molecule has 0 spiro atoms. The normalized spacial score (nSPS) is 19.8. The van der Waals surface area contributed by atoms with Gasteiger partial charge in [0.05, 0.1) is 6.10 Å². The third kappa shape index (κ3) is 2.33. The summed E-state index contributed by atoms with van der Waals surface area (Å²) in [7, 11) is 1.65. The van der Waals surface area contributed by atoms with E-state index in [-0.39, 0.29) is 6.10 Å². The van der Waals surface area contributed by atoms with Crippen molar-refractivity contribution in [2.45, 2.75) is 38.2 Å². The summed E-state index contributed by atoms with van der Waals surface area (Å²) in [4.78, 5) is 11.7. The smallest absolute Gasteiger partial charge is 0.136 e. The molecule has 2 unspecified atom stereocenters. The van der Waals surface area contributed by atoms with Gasteiger partial charge in [-0.1, -0.05) is 24.3 Å². The van der Waals surface area contributed by atoms with Crippen molar-refractivity contribution in [3.63, 3.8) is 0 Å². The molecule has 1 aliphatic carbocycles. The summed E-state index contributed by atoms with van der Waals surface area (Å²) in [5, 5.41) is 0. The Morgan fingerprint density at radius 1 is 1.50 bits per heavy atom. The van der Waals surface area contributed by atoms with Crippen LogP contribution in [0.4, 0.5) is 0 Å². The molecule has 16 heavy (non-hydrogen) atoms. The fourth-order valence-corrected chi connectivity index (χ4v) is 2.31. The Kier molecular flexibility index (Phi) is 3.39. The maximum atomic E-state index is 11.7. The minimum Gasteiger partial charge on any atom is -0.381 e. The van der Waals surface area contributed by atoms with Gasteiger partial charge in [-0.3, -0.25) is 4.79 Å². The van der Waals surface area contributed by atoms with Crippen LogP contribution in [0.5, 0.6) is 0 Å². The van der Waals surface area contributed by atoms with Gasteiger partial charge >= 0.3 is 0 Å². The van der Waals surface area contributed by atoms with Crippen LogP contribution in [-0.2, 0) is 16.0 Å². The van der Waals surface area contributed by atoms with Crippen LogP contribution in [0.1, 0.15) is 36.8 Å². The van der Waals surface area contributed by atoms with Gasteiger partial charge < -0.3 is 4.74 Å². The van der Waals surface area contributed by atoms with Crippen molar-refractivity contribution in [1.29, 1.82) is 0 Å². The monoisotopic (exact) mass is 218 g/mol. The molecule has 2 nitrogen and oxygen atoms in total. The van der Waals surface area contributed by atoms with Gasteiger partial charge in [0, 0.05) is 20.0 Å². The fourth-order valence-electron chi connectivity index (χ4n) is 2.31. The van der Waals surface area contributed by atoms with E-state index < -0.39 is 0 Å². The van der Waals surface area contributed by atoms with E-state index in [4.69, 9.17) is 4.74 Å². The van der Waals surface area contributed by atoms with E-state index in [1.165, 1.54) is 11.1 Å². The van der Waals surface area contributed by atoms with E-state index >= 15 is 0 Å². The molecule has 0 saturated carbocycles. The number of Topliss-reactive ketones (excluding diaryl/α,β-unsaturated/α-hetero) is 1. The average Bonchev–Trinajstić information content (AvgIpc) is 2.26. The predicted molar refractivity (Wildman–Crippen MR) is 63.6 cm³/mol. The van der Waals surface area contributed by atoms with Gasteiger partial charge in [-0.25, -0.2) is 0 Å². The molecule has 0 radical (unpaired) electrons. The van der Waals surface area contributed by atoms with Crippen LogP contribution < -0.4 is 0 Å². The molecule has 0 N–H and O–H groups in total. The summed E-state index contributed by atoms with van der Waals surface area (Å²) in [6, 6.07) is 8.39. The first-order valence-electron chi connectivity index (χ1n) is 5.83. The minimum atomic E-state index is 0.0443. The summed E-state index contributed by atoms with van der Waals surface area (Å²) in [5.41, 5.74) is 2.76. The Bertz CT molecular complexity index is 384. The SMILES string of the molecule is COC(C)CC(=O)CC1Cc2ccccc21. The quantitative estimate of drug-likeness (QED) is 0.759. The lowest BCUT2D eigenvalue weighted by Crippen LogP contribution is -2.22. The number of carbonyl (C=O) groups is 1. The second kappa shape index (κ2) is 4.79. The van der Waals surface area contributed by atoms with Gasteiger partial charge in [0.1, 0.15) is 5.78 Å². The minimum absolute atomic E-state index is 0.0443. The number of hydrogen-bond donors (Lipinski definition) is 0. The summed E-state index contributed by atoms with van der Waals surface area (Å²) >= 11 is 0. The molecular weight excluding hydrogens is 200 g/mol. The summed E-state index contributed by atoms with van der Waals surface area (Å²) in [6.45, 7) is 1.94. The van der Waals surface area contributed by atoms with Crippen molar-refractivity contribution < 1.29 is 9.53 Å². The topological polar surface area (TPSA) is 26.3 Å². The van der Waals surface area contributed by atoms with Crippen molar-refractivity contribution in [3.8, 4) is 0 Å². The molecule has 0 heterocycles. The highest BCUT2D eigenvalue weighted by atomic mass is 16.5. The zero-order valence-electron chi connectivity index (χ0n) is 9.90. The van der Waals surface area contributed by atoms with Gasteiger partial charge in [0.25, 0.3) is 0 Å². The van der Waals surface area contributed by atoms with Crippen LogP contribution >= 0.6 is 0 Å². The molecule has 0 fully saturated rings. The highest BCUT2D eigenvalue weighted by Crippen LogP contribution is 2.37. The van der Waals surface area contributed by atoms with E-state index in [1.807, 2.05) is 13.0 Å². The third-order valence-corrected chi connectivity index (χ3v) is 3.35. The van der Waals surface area contributed by atoms with Gasteiger partial charge in [0.2, 0.25) is 0 Å². The molecule has 0 bridgehead atoms. The summed E-state index contributed by atoms with van der Waals surface area (Å²) in [6.07, 6.45) is 2.31. The molecule has 2 atom stereocenters. The van der Waals surface area contributed by atoms with Gasteiger partial charge in [0.15, 0.2) is 0 Å². The number of ether oxygens (including phenoxy) is 1. The standard InChI is InChI=1S/C14H18O2/c1-10(16-2)7-13(15)9-12-8-11-5-3-4-6-14(11)12/h3-6,10,12H,7-9H2,1-2H3. The van der Waals surface area contributed by atoms with Crippen molar-refractivity contribution in [2.24, 2.45) is 0 Å². The van der Waals surface area contributed by atoms with Gasteiger partial charge in [-0.05, 0) is 30.4 Å². The average molecular weight is 218 g/mol. The van der Waals surface area contributed by atoms with Crippen LogP contribution in [0.2, 0.25) is 0 Å². The highest BCUT2D eigenvalue weighted by molar-refractivity contribution is 5.80. The third-order valence-electron chi connectivity index (χ3n) is 3.35. The number of carbonyl (C=O) groups excluding carboxylic acids is 1. The first kappa shape index (κ1) is 11.3. The second-order valence-corrected chi connectivity index (χ2v) is 4.59. The van der Waals surface area contributed by atoms with Crippen molar-refractivity contribution >= 4 is 5.78 Å². The van der Waals surface area contributed by atoms with E-state index in [9.17, 15) is 4.79 Å². The van der Waals surface area contributed by atoms with E-state index in [0.29, 0.717) is 24.5 Å². The Morgan fingerprint density at radius 3 is 2.94 bits per heavy atom. The molecule has 2 rings (SSSR count). The predicted octanol–water partition coefficient (Wildman–Crippen LogP) is 2.71. The lowest BCUT2D eigenvalue weighted by molar-refractivity contribution is -0.121. The number of methoxy groups -OCH3 is 1. The molecule has 1 aromatic rings. The van der Waals surface area contributed by atoms with Crippen molar-refractivity contribution in [2.75, 3.05) is 7.11 Å². The Morgan fingerprint density at radius 2 is 2.25 bits per heavy atom. The first-order chi connectivity index (χ1) is 7.70. The van der Waals surface area contributed by atoms with E-state index in [0.717, 1.165) is 6.42 Å². The lowest BCUT2D eigenvalue weighted by atomic mass is 9.75. The van der Waals surface area contributed by atoms with Crippen molar-refractivity contribution in [1.82, 2.24) is 0 Å². The second-order valence-electron chi connectivity index (χ2n) is 4.59. The zero-order valence-corrected chi connectivity index (χ0v) is 9.90. The highest BCUT2D eigenvalue weighted by Gasteiger charge is 2.27. The molecule has 0 saturated heterocycles. The lowest BCUT2D eigenvalue weighted by Gasteiger charge is -2.29.